The Morgan fingerprint density at radius 3 is 2.50 bits per heavy atom. The van der Waals surface area contributed by atoms with Crippen LogP contribution < -0.4 is 0 Å². The zero-order valence-electron chi connectivity index (χ0n) is 8.97. The van der Waals surface area contributed by atoms with Gasteiger partial charge in [-0.05, 0) is 49.4 Å². The van der Waals surface area contributed by atoms with E-state index in [1.807, 2.05) is 0 Å². The van der Waals surface area contributed by atoms with Crippen molar-refractivity contribution in [2.24, 2.45) is 5.92 Å². The number of rotatable bonds is 3. The third kappa shape index (κ3) is 2.94. The van der Waals surface area contributed by atoms with Crippen molar-refractivity contribution < 1.29 is 13.2 Å². The van der Waals surface area contributed by atoms with E-state index in [9.17, 15) is 13.2 Å². The van der Waals surface area contributed by atoms with Gasteiger partial charge in [-0.1, -0.05) is 0 Å². The minimum Gasteiger partial charge on any atom is -0.166 e. The molecule has 1 aromatic carbocycles. The molecule has 2 rings (SSSR count). The molecule has 0 N–H and O–H groups in total. The average molecular weight is 246 g/mol. The minimum absolute atomic E-state index is 0.555. The van der Waals surface area contributed by atoms with E-state index in [1.165, 1.54) is 25.0 Å². The molecule has 1 fully saturated rings. The van der Waals surface area contributed by atoms with Crippen LogP contribution in [-0.2, 0) is 6.18 Å². The van der Waals surface area contributed by atoms with Crippen molar-refractivity contribution in [3.63, 3.8) is 0 Å². The molecule has 0 atom stereocenters. The van der Waals surface area contributed by atoms with Gasteiger partial charge in [-0.2, -0.15) is 13.2 Å². The highest BCUT2D eigenvalue weighted by atomic mass is 32.2. The normalized spacial score (nSPS) is 16.5. The maximum Gasteiger partial charge on any atom is 0.416 e. The van der Waals surface area contributed by atoms with Crippen molar-refractivity contribution in [3.8, 4) is 0 Å². The van der Waals surface area contributed by atoms with Crippen LogP contribution in [0.4, 0.5) is 13.2 Å². The molecule has 0 aromatic heterocycles. The van der Waals surface area contributed by atoms with Gasteiger partial charge in [-0.15, -0.1) is 11.8 Å². The van der Waals surface area contributed by atoms with E-state index in [2.05, 4.69) is 0 Å². The van der Waals surface area contributed by atoms with Gasteiger partial charge in [-0.3, -0.25) is 0 Å². The van der Waals surface area contributed by atoms with Gasteiger partial charge >= 0.3 is 6.18 Å². The Bertz CT molecular complexity index is 380. The summed E-state index contributed by atoms with van der Waals surface area (Å²) in [6, 6.07) is 3.99. The molecule has 1 saturated carbocycles. The van der Waals surface area contributed by atoms with Crippen molar-refractivity contribution in [2.75, 3.05) is 5.75 Å². The number of thioether (sulfide) groups is 1. The first kappa shape index (κ1) is 11.8. The van der Waals surface area contributed by atoms with Crippen LogP contribution in [0.2, 0.25) is 0 Å². The molecule has 0 amide bonds. The lowest BCUT2D eigenvalue weighted by molar-refractivity contribution is -0.137. The van der Waals surface area contributed by atoms with Crippen LogP contribution in [0.15, 0.2) is 23.1 Å². The number of alkyl halides is 3. The zero-order chi connectivity index (χ0) is 11.8. The summed E-state index contributed by atoms with van der Waals surface area (Å²) < 4.78 is 37.3. The molecule has 0 saturated heterocycles. The summed E-state index contributed by atoms with van der Waals surface area (Å²) >= 11 is 1.67. The second kappa shape index (κ2) is 4.32. The monoisotopic (exact) mass is 246 g/mol. The molecule has 0 aliphatic heterocycles. The van der Waals surface area contributed by atoms with E-state index in [0.29, 0.717) is 0 Å². The Morgan fingerprint density at radius 1 is 1.31 bits per heavy atom. The second-order valence-corrected chi connectivity index (χ2v) is 5.29. The van der Waals surface area contributed by atoms with Crippen LogP contribution in [0.25, 0.3) is 0 Å². The molecule has 0 heterocycles. The predicted octanol–water partition coefficient (Wildman–Crippen LogP) is 4.52. The first-order valence-corrected chi connectivity index (χ1v) is 6.26. The smallest absolute Gasteiger partial charge is 0.166 e. The van der Waals surface area contributed by atoms with Gasteiger partial charge < -0.3 is 0 Å². The first-order valence-electron chi connectivity index (χ1n) is 5.27. The summed E-state index contributed by atoms with van der Waals surface area (Å²) in [5, 5.41) is 0. The maximum absolute atomic E-state index is 12.4. The van der Waals surface area contributed by atoms with E-state index < -0.39 is 11.7 Å². The Labute approximate surface area is 97.2 Å². The SMILES string of the molecule is Cc1cc(C(F)(F)F)ccc1SCC1CC1. The van der Waals surface area contributed by atoms with Crippen molar-refractivity contribution >= 4 is 11.8 Å². The summed E-state index contributed by atoms with van der Waals surface area (Å²) in [5.41, 5.74) is 0.168. The van der Waals surface area contributed by atoms with Crippen LogP contribution in [-0.4, -0.2) is 5.75 Å². The van der Waals surface area contributed by atoms with Gasteiger partial charge in [0, 0.05) is 10.6 Å². The van der Waals surface area contributed by atoms with E-state index in [-0.39, 0.29) is 0 Å². The lowest BCUT2D eigenvalue weighted by Gasteiger charge is -2.10. The molecular formula is C12H13F3S. The van der Waals surface area contributed by atoms with Gasteiger partial charge in [0.25, 0.3) is 0 Å². The highest BCUT2D eigenvalue weighted by molar-refractivity contribution is 7.99. The summed E-state index contributed by atoms with van der Waals surface area (Å²) in [4.78, 5) is 0.972. The fraction of sp³-hybridized carbons (Fsp3) is 0.500. The zero-order valence-corrected chi connectivity index (χ0v) is 9.79. The molecule has 0 nitrogen and oxygen atoms in total. The third-order valence-electron chi connectivity index (χ3n) is 2.67. The highest BCUT2D eigenvalue weighted by Crippen LogP contribution is 2.37. The summed E-state index contributed by atoms with van der Waals surface area (Å²) in [6.45, 7) is 1.74. The van der Waals surface area contributed by atoms with Gasteiger partial charge in [0.15, 0.2) is 0 Å². The number of halogens is 3. The Kier molecular flexibility index (Phi) is 3.19. The lowest BCUT2D eigenvalue weighted by atomic mass is 10.1. The van der Waals surface area contributed by atoms with Crippen molar-refractivity contribution in [1.29, 1.82) is 0 Å². The van der Waals surface area contributed by atoms with Gasteiger partial charge in [0.1, 0.15) is 0 Å². The predicted molar refractivity (Wildman–Crippen MR) is 59.6 cm³/mol. The van der Waals surface area contributed by atoms with E-state index in [4.69, 9.17) is 0 Å². The summed E-state index contributed by atoms with van der Waals surface area (Å²) in [5.74, 6) is 1.82. The van der Waals surface area contributed by atoms with Crippen LogP contribution >= 0.6 is 11.8 Å². The van der Waals surface area contributed by atoms with Crippen molar-refractivity contribution in [1.82, 2.24) is 0 Å². The molecule has 0 radical (unpaired) electrons. The highest BCUT2D eigenvalue weighted by Gasteiger charge is 2.30. The molecular weight excluding hydrogens is 233 g/mol. The van der Waals surface area contributed by atoms with Crippen LogP contribution in [0.1, 0.15) is 24.0 Å². The van der Waals surface area contributed by atoms with Crippen molar-refractivity contribution in [3.05, 3.63) is 29.3 Å². The number of aryl methyl sites for hydroxylation is 1. The molecule has 16 heavy (non-hydrogen) atoms. The third-order valence-corrected chi connectivity index (χ3v) is 4.08. The summed E-state index contributed by atoms with van der Waals surface area (Å²) in [6.07, 6.45) is -1.69. The van der Waals surface area contributed by atoms with Crippen LogP contribution in [0, 0.1) is 12.8 Å². The Hall–Kier alpha value is -0.640. The molecule has 0 spiro atoms. The number of hydrogen-bond donors (Lipinski definition) is 0. The molecule has 4 heteroatoms. The topological polar surface area (TPSA) is 0 Å². The summed E-state index contributed by atoms with van der Waals surface area (Å²) in [7, 11) is 0. The first-order chi connectivity index (χ1) is 7.47. The van der Waals surface area contributed by atoms with Crippen molar-refractivity contribution in [2.45, 2.75) is 30.8 Å². The quantitative estimate of drug-likeness (QED) is 0.707. The molecule has 1 aliphatic rings. The molecule has 0 bridgehead atoms. The minimum atomic E-state index is -4.23. The van der Waals surface area contributed by atoms with Crippen LogP contribution in [0.3, 0.4) is 0 Å². The number of benzene rings is 1. The second-order valence-electron chi connectivity index (χ2n) is 4.23. The molecule has 1 aliphatic carbocycles. The van der Waals surface area contributed by atoms with Crippen LogP contribution in [0.5, 0.6) is 0 Å². The Balaban J connectivity index is 2.09. The van der Waals surface area contributed by atoms with Gasteiger partial charge in [0.2, 0.25) is 0 Å². The Morgan fingerprint density at radius 2 is 2.00 bits per heavy atom. The fourth-order valence-corrected chi connectivity index (χ4v) is 2.68. The average Bonchev–Trinajstić information content (AvgIpc) is 2.98. The van der Waals surface area contributed by atoms with E-state index >= 15 is 0 Å². The standard InChI is InChI=1S/C12H13F3S/c1-8-6-10(12(13,14)15)4-5-11(8)16-7-9-2-3-9/h4-6,9H,2-3,7H2,1H3. The molecule has 88 valence electrons. The number of hydrogen-bond acceptors (Lipinski definition) is 1. The van der Waals surface area contributed by atoms with E-state index in [0.717, 1.165) is 22.1 Å². The fourth-order valence-electron chi connectivity index (χ4n) is 1.48. The van der Waals surface area contributed by atoms with E-state index in [1.54, 1.807) is 24.8 Å². The van der Waals surface area contributed by atoms with Gasteiger partial charge in [-0.25, -0.2) is 0 Å². The molecule has 0 unspecified atom stereocenters. The van der Waals surface area contributed by atoms with Gasteiger partial charge in [0.05, 0.1) is 5.56 Å². The molecule has 1 aromatic rings. The lowest BCUT2D eigenvalue weighted by Crippen LogP contribution is -2.05. The largest absolute Gasteiger partial charge is 0.416 e. The maximum atomic E-state index is 12.4.